The first-order chi connectivity index (χ1) is 5.02. The van der Waals surface area contributed by atoms with Gasteiger partial charge in [-0.05, 0) is 11.8 Å². The highest BCUT2D eigenvalue weighted by molar-refractivity contribution is 4.72. The van der Waals surface area contributed by atoms with Gasteiger partial charge in [0.25, 0.3) is 0 Å². The molecule has 0 radical (unpaired) electrons. The van der Waals surface area contributed by atoms with Gasteiger partial charge in [-0.1, -0.05) is 40.5 Å². The number of unbranched alkanes of at least 4 members (excludes halogenated alkanes) is 1. The van der Waals surface area contributed by atoms with Crippen LogP contribution in [0, 0.1) is 5.41 Å². The summed E-state index contributed by atoms with van der Waals surface area (Å²) in [5.41, 5.74) is 0.0456. The predicted octanol–water partition coefficient (Wildman–Crippen LogP) is 3.08. The zero-order valence-electron chi connectivity index (χ0n) is 8.05. The molecule has 0 aromatic carbocycles. The Morgan fingerprint density at radius 1 is 1.36 bits per heavy atom. The van der Waals surface area contributed by atoms with E-state index in [0.29, 0.717) is 0 Å². The van der Waals surface area contributed by atoms with Crippen molar-refractivity contribution in [3.8, 4) is 0 Å². The van der Waals surface area contributed by atoms with Crippen LogP contribution < -0.4 is 0 Å². The molecule has 68 valence electrons. The third kappa shape index (κ3) is 4.38. The molecule has 0 aliphatic carbocycles. The van der Waals surface area contributed by atoms with Gasteiger partial charge in [-0.3, -0.25) is 5.26 Å². The molecule has 1 unspecified atom stereocenters. The van der Waals surface area contributed by atoms with E-state index >= 15 is 0 Å². The van der Waals surface area contributed by atoms with E-state index in [1.165, 1.54) is 0 Å². The van der Waals surface area contributed by atoms with Gasteiger partial charge in [-0.25, -0.2) is 4.89 Å². The summed E-state index contributed by atoms with van der Waals surface area (Å²) in [5.74, 6) is 0. The maximum atomic E-state index is 8.59. The fourth-order valence-corrected chi connectivity index (χ4v) is 1.03. The van der Waals surface area contributed by atoms with Crippen LogP contribution in [0.25, 0.3) is 0 Å². The third-order valence-corrected chi connectivity index (χ3v) is 1.91. The smallest absolute Gasteiger partial charge is 0.0975 e. The van der Waals surface area contributed by atoms with E-state index in [0.717, 1.165) is 19.3 Å². The van der Waals surface area contributed by atoms with Crippen molar-refractivity contribution in [3.63, 3.8) is 0 Å². The van der Waals surface area contributed by atoms with E-state index < -0.39 is 0 Å². The Labute approximate surface area is 69.5 Å². The molecule has 0 saturated carbocycles. The van der Waals surface area contributed by atoms with Gasteiger partial charge in [0, 0.05) is 0 Å². The molecule has 1 atom stereocenters. The minimum Gasteiger partial charge on any atom is -0.252 e. The lowest BCUT2D eigenvalue weighted by atomic mass is 9.86. The third-order valence-electron chi connectivity index (χ3n) is 1.91. The van der Waals surface area contributed by atoms with Crippen LogP contribution in [0.2, 0.25) is 0 Å². The number of hydrogen-bond acceptors (Lipinski definition) is 2. The Morgan fingerprint density at radius 3 is 2.18 bits per heavy atom. The largest absolute Gasteiger partial charge is 0.252 e. The van der Waals surface area contributed by atoms with Crippen LogP contribution in [0.3, 0.4) is 0 Å². The first-order valence-electron chi connectivity index (χ1n) is 4.32. The fraction of sp³-hybridized carbons (Fsp3) is 1.00. The van der Waals surface area contributed by atoms with E-state index in [1.807, 2.05) is 0 Å². The Bertz CT molecular complexity index is 94.2. The summed E-state index contributed by atoms with van der Waals surface area (Å²) in [5, 5.41) is 8.59. The van der Waals surface area contributed by atoms with Gasteiger partial charge in [0.2, 0.25) is 0 Å². The monoisotopic (exact) mass is 160 g/mol. The van der Waals surface area contributed by atoms with Crippen molar-refractivity contribution < 1.29 is 10.1 Å². The molecule has 0 aliphatic heterocycles. The van der Waals surface area contributed by atoms with Crippen molar-refractivity contribution >= 4 is 0 Å². The zero-order valence-corrected chi connectivity index (χ0v) is 8.05. The average molecular weight is 160 g/mol. The second-order valence-corrected chi connectivity index (χ2v) is 4.10. The molecule has 0 rings (SSSR count). The molecule has 2 nitrogen and oxygen atoms in total. The lowest BCUT2D eigenvalue weighted by molar-refractivity contribution is -0.300. The summed E-state index contributed by atoms with van der Waals surface area (Å²) >= 11 is 0. The SMILES string of the molecule is CCCCC(OO)C(C)(C)C. The molecule has 0 bridgehead atoms. The van der Waals surface area contributed by atoms with E-state index in [9.17, 15) is 0 Å². The van der Waals surface area contributed by atoms with E-state index in [-0.39, 0.29) is 11.5 Å². The lowest BCUT2D eigenvalue weighted by Crippen LogP contribution is -2.28. The molecule has 0 amide bonds. The molecule has 0 saturated heterocycles. The summed E-state index contributed by atoms with van der Waals surface area (Å²) < 4.78 is 0. The van der Waals surface area contributed by atoms with Crippen molar-refractivity contribution in [2.45, 2.75) is 53.1 Å². The molecular weight excluding hydrogens is 140 g/mol. The molecule has 0 aromatic rings. The highest BCUT2D eigenvalue weighted by atomic mass is 17.1. The Hall–Kier alpha value is -0.0800. The Kier molecular flexibility index (Phi) is 4.69. The second kappa shape index (κ2) is 4.73. The maximum absolute atomic E-state index is 8.59. The van der Waals surface area contributed by atoms with Gasteiger partial charge < -0.3 is 0 Å². The van der Waals surface area contributed by atoms with Crippen LogP contribution in [0.15, 0.2) is 0 Å². The molecule has 0 heterocycles. The van der Waals surface area contributed by atoms with E-state index in [1.54, 1.807) is 0 Å². The standard InChI is InChI=1S/C9H20O2/c1-5-6-7-8(11-10)9(2,3)4/h8,10H,5-7H2,1-4H3. The fourth-order valence-electron chi connectivity index (χ4n) is 1.03. The van der Waals surface area contributed by atoms with Gasteiger partial charge in [-0.2, -0.15) is 0 Å². The second-order valence-electron chi connectivity index (χ2n) is 4.10. The molecule has 2 heteroatoms. The predicted molar refractivity (Wildman–Crippen MR) is 46.5 cm³/mol. The van der Waals surface area contributed by atoms with Crippen LogP contribution in [-0.4, -0.2) is 11.4 Å². The molecule has 0 fully saturated rings. The van der Waals surface area contributed by atoms with E-state index in [2.05, 4.69) is 32.6 Å². The average Bonchev–Trinajstić information content (AvgIpc) is 1.87. The highest BCUT2D eigenvalue weighted by Crippen LogP contribution is 2.25. The highest BCUT2D eigenvalue weighted by Gasteiger charge is 2.24. The quantitative estimate of drug-likeness (QED) is 0.506. The van der Waals surface area contributed by atoms with Gasteiger partial charge in [0.05, 0.1) is 6.10 Å². The summed E-state index contributed by atoms with van der Waals surface area (Å²) in [4.78, 5) is 4.42. The Balaban J connectivity index is 3.76. The van der Waals surface area contributed by atoms with Crippen LogP contribution in [0.4, 0.5) is 0 Å². The zero-order chi connectivity index (χ0) is 8.91. The van der Waals surface area contributed by atoms with Crippen molar-refractivity contribution in [1.29, 1.82) is 0 Å². The minimum absolute atomic E-state index is 0.0255. The topological polar surface area (TPSA) is 29.5 Å². The molecule has 1 N–H and O–H groups in total. The molecule has 11 heavy (non-hydrogen) atoms. The number of rotatable bonds is 4. The molecule has 0 aliphatic rings. The van der Waals surface area contributed by atoms with Crippen molar-refractivity contribution in [2.75, 3.05) is 0 Å². The van der Waals surface area contributed by atoms with Gasteiger partial charge in [0.1, 0.15) is 0 Å². The lowest BCUT2D eigenvalue weighted by Gasteiger charge is -2.27. The van der Waals surface area contributed by atoms with Crippen LogP contribution in [0.5, 0.6) is 0 Å². The van der Waals surface area contributed by atoms with E-state index in [4.69, 9.17) is 5.26 Å². The van der Waals surface area contributed by atoms with Crippen LogP contribution >= 0.6 is 0 Å². The first-order valence-corrected chi connectivity index (χ1v) is 4.32. The number of hydrogen-bond donors (Lipinski definition) is 1. The molecule has 0 aromatic heterocycles. The molecular formula is C9H20O2. The Morgan fingerprint density at radius 2 is 1.91 bits per heavy atom. The van der Waals surface area contributed by atoms with Crippen molar-refractivity contribution in [1.82, 2.24) is 0 Å². The van der Waals surface area contributed by atoms with Gasteiger partial charge >= 0.3 is 0 Å². The first kappa shape index (κ1) is 10.9. The van der Waals surface area contributed by atoms with Gasteiger partial charge in [-0.15, -0.1) is 0 Å². The normalized spacial score (nSPS) is 15.0. The molecule has 0 spiro atoms. The van der Waals surface area contributed by atoms with Crippen molar-refractivity contribution in [3.05, 3.63) is 0 Å². The summed E-state index contributed by atoms with van der Waals surface area (Å²) in [6.45, 7) is 8.35. The van der Waals surface area contributed by atoms with Gasteiger partial charge in [0.15, 0.2) is 0 Å². The summed E-state index contributed by atoms with van der Waals surface area (Å²) in [7, 11) is 0. The van der Waals surface area contributed by atoms with Crippen LogP contribution in [-0.2, 0) is 4.89 Å². The minimum atomic E-state index is -0.0255. The summed E-state index contributed by atoms with van der Waals surface area (Å²) in [6.07, 6.45) is 3.18. The maximum Gasteiger partial charge on any atom is 0.0975 e. The van der Waals surface area contributed by atoms with Crippen molar-refractivity contribution in [2.24, 2.45) is 5.41 Å². The van der Waals surface area contributed by atoms with Crippen LogP contribution in [0.1, 0.15) is 47.0 Å². The summed E-state index contributed by atoms with van der Waals surface area (Å²) in [6, 6.07) is 0.